The van der Waals surface area contributed by atoms with Gasteiger partial charge in [0, 0.05) is 11.6 Å². The molecular formula is C20H24N2O3S. The summed E-state index contributed by atoms with van der Waals surface area (Å²) < 4.78 is 5.66. The van der Waals surface area contributed by atoms with Crippen LogP contribution in [0.4, 0.5) is 5.00 Å². The first-order valence-corrected chi connectivity index (χ1v) is 9.98. The molecule has 6 heteroatoms. The van der Waals surface area contributed by atoms with E-state index in [0.29, 0.717) is 22.7 Å². The first-order chi connectivity index (χ1) is 12.7. The van der Waals surface area contributed by atoms with E-state index in [1.807, 2.05) is 5.38 Å². The van der Waals surface area contributed by atoms with Crippen molar-refractivity contribution in [1.29, 1.82) is 0 Å². The van der Waals surface area contributed by atoms with E-state index in [9.17, 15) is 9.59 Å². The van der Waals surface area contributed by atoms with Gasteiger partial charge < -0.3 is 15.4 Å². The van der Waals surface area contributed by atoms with Crippen molar-refractivity contribution in [3.05, 3.63) is 46.8 Å². The zero-order valence-corrected chi connectivity index (χ0v) is 15.7. The van der Waals surface area contributed by atoms with E-state index in [0.717, 1.165) is 37.9 Å². The molecular weight excluding hydrogens is 348 g/mol. The third kappa shape index (κ3) is 5.08. The minimum absolute atomic E-state index is 0.125. The van der Waals surface area contributed by atoms with Crippen molar-refractivity contribution in [3.63, 3.8) is 0 Å². The second-order valence-electron chi connectivity index (χ2n) is 6.45. The van der Waals surface area contributed by atoms with Crippen molar-refractivity contribution in [1.82, 2.24) is 5.32 Å². The molecule has 2 N–H and O–H groups in total. The van der Waals surface area contributed by atoms with Crippen LogP contribution in [0.2, 0.25) is 0 Å². The van der Waals surface area contributed by atoms with Crippen molar-refractivity contribution in [2.45, 2.75) is 45.1 Å². The lowest BCUT2D eigenvalue weighted by molar-refractivity contribution is 0.0952. The highest BCUT2D eigenvalue weighted by Gasteiger charge is 2.25. The predicted molar refractivity (Wildman–Crippen MR) is 104 cm³/mol. The van der Waals surface area contributed by atoms with E-state index < -0.39 is 0 Å². The number of unbranched alkanes of at least 4 members (excludes halogenated alkanes) is 2. The van der Waals surface area contributed by atoms with Crippen LogP contribution in [0.3, 0.4) is 0 Å². The molecule has 138 valence electrons. The molecule has 0 saturated heterocycles. The number of carbonyl (C=O) groups is 2. The Bertz CT molecular complexity index is 751. The van der Waals surface area contributed by atoms with Crippen molar-refractivity contribution in [2.24, 2.45) is 0 Å². The number of ether oxygens (including phenoxy) is 1. The molecule has 5 nitrogen and oxygen atoms in total. The van der Waals surface area contributed by atoms with Crippen LogP contribution in [-0.2, 0) is 0 Å². The molecule has 2 amide bonds. The molecule has 0 atom stereocenters. The molecule has 1 saturated carbocycles. The van der Waals surface area contributed by atoms with Crippen LogP contribution >= 0.6 is 11.3 Å². The second kappa shape index (κ2) is 8.85. The molecule has 1 aliphatic rings. The maximum Gasteiger partial charge on any atom is 0.256 e. The summed E-state index contributed by atoms with van der Waals surface area (Å²) in [6.45, 7) is 2.84. The third-order valence-corrected chi connectivity index (χ3v) is 5.01. The molecule has 0 bridgehead atoms. The molecule has 26 heavy (non-hydrogen) atoms. The number of carbonyl (C=O) groups excluding carboxylic acids is 2. The summed E-state index contributed by atoms with van der Waals surface area (Å²) in [4.78, 5) is 24.7. The van der Waals surface area contributed by atoms with Gasteiger partial charge in [-0.15, -0.1) is 11.3 Å². The van der Waals surface area contributed by atoms with E-state index in [1.54, 1.807) is 30.3 Å². The zero-order chi connectivity index (χ0) is 18.4. The topological polar surface area (TPSA) is 67.4 Å². The molecule has 0 unspecified atom stereocenters. The fourth-order valence-electron chi connectivity index (χ4n) is 2.50. The smallest absolute Gasteiger partial charge is 0.256 e. The Labute approximate surface area is 157 Å². The Morgan fingerprint density at radius 2 is 1.88 bits per heavy atom. The monoisotopic (exact) mass is 372 g/mol. The summed E-state index contributed by atoms with van der Waals surface area (Å²) in [6.07, 6.45) is 5.40. The van der Waals surface area contributed by atoms with Crippen LogP contribution in [0.15, 0.2) is 35.7 Å². The lowest BCUT2D eigenvalue weighted by Crippen LogP contribution is -2.26. The molecule has 1 aliphatic carbocycles. The van der Waals surface area contributed by atoms with Crippen molar-refractivity contribution in [3.8, 4) is 5.75 Å². The van der Waals surface area contributed by atoms with Gasteiger partial charge in [-0.1, -0.05) is 19.8 Å². The van der Waals surface area contributed by atoms with Crippen molar-refractivity contribution >= 4 is 28.2 Å². The van der Waals surface area contributed by atoms with Gasteiger partial charge >= 0.3 is 0 Å². The molecule has 3 rings (SSSR count). The predicted octanol–water partition coefficient (Wildman–Crippen LogP) is 4.46. The number of amides is 2. The fourth-order valence-corrected chi connectivity index (χ4v) is 3.28. The van der Waals surface area contributed by atoms with Gasteiger partial charge in [0.05, 0.1) is 12.2 Å². The van der Waals surface area contributed by atoms with Crippen LogP contribution in [-0.4, -0.2) is 24.5 Å². The van der Waals surface area contributed by atoms with Gasteiger partial charge in [-0.05, 0) is 55.0 Å². The Morgan fingerprint density at radius 1 is 1.12 bits per heavy atom. The van der Waals surface area contributed by atoms with Crippen LogP contribution in [0.25, 0.3) is 0 Å². The summed E-state index contributed by atoms with van der Waals surface area (Å²) in [5.41, 5.74) is 1.05. The quantitative estimate of drug-likeness (QED) is 0.639. The first kappa shape index (κ1) is 18.5. The lowest BCUT2D eigenvalue weighted by Gasteiger charge is -2.08. The highest BCUT2D eigenvalue weighted by atomic mass is 32.1. The van der Waals surface area contributed by atoms with Crippen LogP contribution < -0.4 is 15.4 Å². The van der Waals surface area contributed by atoms with E-state index in [-0.39, 0.29) is 17.9 Å². The minimum atomic E-state index is -0.231. The maximum absolute atomic E-state index is 12.5. The second-order valence-corrected chi connectivity index (χ2v) is 7.36. The van der Waals surface area contributed by atoms with Crippen molar-refractivity contribution < 1.29 is 14.3 Å². The molecule has 1 aromatic heterocycles. The summed E-state index contributed by atoms with van der Waals surface area (Å²) in [7, 11) is 0. The van der Waals surface area contributed by atoms with Gasteiger partial charge in [0.25, 0.3) is 11.8 Å². The van der Waals surface area contributed by atoms with Gasteiger partial charge in [-0.3, -0.25) is 9.59 Å². The number of nitrogens with one attached hydrogen (secondary N) is 2. The van der Waals surface area contributed by atoms with Gasteiger partial charge in [-0.25, -0.2) is 0 Å². The summed E-state index contributed by atoms with van der Waals surface area (Å²) in [5, 5.41) is 8.17. The SMILES string of the molecule is CCCCCOc1ccc(C(=O)Nc2sccc2C(=O)NC2CC2)cc1. The fraction of sp³-hybridized carbons (Fsp3) is 0.400. The van der Waals surface area contributed by atoms with Crippen molar-refractivity contribution in [2.75, 3.05) is 11.9 Å². The molecule has 0 aliphatic heterocycles. The Hall–Kier alpha value is -2.34. The first-order valence-electron chi connectivity index (χ1n) is 9.10. The van der Waals surface area contributed by atoms with Gasteiger partial charge in [0.2, 0.25) is 0 Å². The van der Waals surface area contributed by atoms with E-state index in [2.05, 4.69) is 17.6 Å². The molecule has 1 heterocycles. The maximum atomic E-state index is 12.5. The Morgan fingerprint density at radius 3 is 2.58 bits per heavy atom. The Kier molecular flexibility index (Phi) is 6.28. The average molecular weight is 372 g/mol. The zero-order valence-electron chi connectivity index (χ0n) is 14.9. The number of rotatable bonds is 9. The van der Waals surface area contributed by atoms with Crippen LogP contribution in [0, 0.1) is 0 Å². The van der Waals surface area contributed by atoms with E-state index in [1.165, 1.54) is 11.3 Å². The molecule has 0 radical (unpaired) electrons. The van der Waals surface area contributed by atoms with Gasteiger partial charge in [0.1, 0.15) is 10.8 Å². The van der Waals surface area contributed by atoms with Crippen LogP contribution in [0.5, 0.6) is 5.75 Å². The van der Waals surface area contributed by atoms with Gasteiger partial charge in [-0.2, -0.15) is 0 Å². The van der Waals surface area contributed by atoms with Crippen LogP contribution in [0.1, 0.15) is 59.7 Å². The molecule has 1 fully saturated rings. The molecule has 1 aromatic carbocycles. The molecule has 0 spiro atoms. The number of benzene rings is 1. The van der Waals surface area contributed by atoms with E-state index >= 15 is 0 Å². The Balaban J connectivity index is 1.56. The average Bonchev–Trinajstić information content (AvgIpc) is 3.34. The highest BCUT2D eigenvalue weighted by Crippen LogP contribution is 2.26. The largest absolute Gasteiger partial charge is 0.494 e. The number of hydrogen-bond donors (Lipinski definition) is 2. The summed E-state index contributed by atoms with van der Waals surface area (Å²) >= 11 is 1.35. The highest BCUT2D eigenvalue weighted by molar-refractivity contribution is 7.14. The van der Waals surface area contributed by atoms with E-state index in [4.69, 9.17) is 4.74 Å². The molecule has 2 aromatic rings. The summed E-state index contributed by atoms with van der Waals surface area (Å²) in [5.74, 6) is 0.406. The normalized spacial score (nSPS) is 13.3. The number of anilines is 1. The number of thiophene rings is 1. The third-order valence-electron chi connectivity index (χ3n) is 4.18. The summed E-state index contributed by atoms with van der Waals surface area (Å²) in [6, 6.07) is 9.11. The number of hydrogen-bond acceptors (Lipinski definition) is 4. The lowest BCUT2D eigenvalue weighted by atomic mass is 10.2. The minimum Gasteiger partial charge on any atom is -0.494 e. The standard InChI is InChI=1S/C20H24N2O3S/c1-2-3-4-12-25-16-9-5-14(6-10-16)18(23)22-20-17(11-13-26-20)19(24)21-15-7-8-15/h5-6,9-11,13,15H,2-4,7-8,12H2,1H3,(H,21,24)(H,22,23). The van der Waals surface area contributed by atoms with Gasteiger partial charge in [0.15, 0.2) is 0 Å².